The van der Waals surface area contributed by atoms with Crippen molar-refractivity contribution in [2.75, 3.05) is 17.2 Å². The molecule has 1 rings (SSSR count). The van der Waals surface area contributed by atoms with E-state index in [0.29, 0.717) is 29.9 Å². The largest absolute Gasteiger partial charge is 0.461 e. The van der Waals surface area contributed by atoms with Crippen molar-refractivity contribution in [3.8, 4) is 6.01 Å². The summed E-state index contributed by atoms with van der Waals surface area (Å²) >= 11 is 0. The molecule has 0 aliphatic rings. The van der Waals surface area contributed by atoms with Gasteiger partial charge in [0.15, 0.2) is 0 Å². The van der Waals surface area contributed by atoms with Crippen molar-refractivity contribution in [1.82, 2.24) is 15.0 Å². The number of nitrogens with one attached hydrogen (secondary N) is 2. The van der Waals surface area contributed by atoms with Gasteiger partial charge in [0.2, 0.25) is 11.9 Å². The van der Waals surface area contributed by atoms with Crippen LogP contribution in [0.2, 0.25) is 0 Å². The van der Waals surface area contributed by atoms with E-state index in [0.717, 1.165) is 13.0 Å². The number of hydrogen-bond donors (Lipinski definition) is 2. The van der Waals surface area contributed by atoms with E-state index < -0.39 is 0 Å². The van der Waals surface area contributed by atoms with E-state index in [-0.39, 0.29) is 6.10 Å². The first-order chi connectivity index (χ1) is 9.90. The van der Waals surface area contributed by atoms with Gasteiger partial charge in [-0.1, -0.05) is 13.8 Å². The molecule has 1 aromatic rings. The van der Waals surface area contributed by atoms with Crippen LogP contribution in [-0.2, 0) is 0 Å². The standard InChI is InChI=1S/C15H29N5O/c1-7-16-13-18-14(17-12(6)9-8-10(2)3)20-15(19-13)21-11(4)5/h10-12H,7-9H2,1-6H3,(H2,16,17,18,19,20). The van der Waals surface area contributed by atoms with Gasteiger partial charge >= 0.3 is 6.01 Å². The Bertz CT molecular complexity index is 423. The fourth-order valence-electron chi connectivity index (χ4n) is 1.80. The summed E-state index contributed by atoms with van der Waals surface area (Å²) in [7, 11) is 0. The molecule has 120 valence electrons. The Morgan fingerprint density at radius 2 is 1.62 bits per heavy atom. The SMILES string of the molecule is CCNc1nc(NC(C)CCC(C)C)nc(OC(C)C)n1. The summed E-state index contributed by atoms with van der Waals surface area (Å²) in [6.07, 6.45) is 2.29. The number of aromatic nitrogens is 3. The van der Waals surface area contributed by atoms with Crippen LogP contribution in [0.3, 0.4) is 0 Å². The van der Waals surface area contributed by atoms with Crippen molar-refractivity contribution < 1.29 is 4.74 Å². The molecular weight excluding hydrogens is 266 g/mol. The third-order valence-electron chi connectivity index (χ3n) is 2.84. The second-order valence-corrected chi connectivity index (χ2v) is 5.98. The van der Waals surface area contributed by atoms with E-state index in [4.69, 9.17) is 4.74 Å². The molecule has 0 radical (unpaired) electrons. The minimum atomic E-state index is 0.0353. The molecule has 0 aromatic carbocycles. The summed E-state index contributed by atoms with van der Waals surface area (Å²) in [6.45, 7) is 13.3. The van der Waals surface area contributed by atoms with Gasteiger partial charge in [0.05, 0.1) is 6.10 Å². The van der Waals surface area contributed by atoms with Crippen molar-refractivity contribution in [1.29, 1.82) is 0 Å². The molecule has 6 nitrogen and oxygen atoms in total. The Morgan fingerprint density at radius 3 is 2.19 bits per heavy atom. The highest BCUT2D eigenvalue weighted by Crippen LogP contribution is 2.15. The zero-order chi connectivity index (χ0) is 15.8. The average Bonchev–Trinajstić information content (AvgIpc) is 2.35. The van der Waals surface area contributed by atoms with Crippen molar-refractivity contribution in [2.45, 2.75) is 66.5 Å². The second kappa shape index (κ2) is 8.64. The highest BCUT2D eigenvalue weighted by molar-refractivity contribution is 5.36. The van der Waals surface area contributed by atoms with Gasteiger partial charge in [-0.3, -0.25) is 0 Å². The van der Waals surface area contributed by atoms with Crippen LogP contribution in [0, 0.1) is 5.92 Å². The fraction of sp³-hybridized carbons (Fsp3) is 0.800. The van der Waals surface area contributed by atoms with Gasteiger partial charge in [-0.2, -0.15) is 15.0 Å². The van der Waals surface area contributed by atoms with E-state index in [1.165, 1.54) is 6.42 Å². The highest BCUT2D eigenvalue weighted by atomic mass is 16.5. The molecule has 1 atom stereocenters. The molecule has 0 saturated carbocycles. The van der Waals surface area contributed by atoms with Crippen molar-refractivity contribution >= 4 is 11.9 Å². The molecule has 21 heavy (non-hydrogen) atoms. The lowest BCUT2D eigenvalue weighted by Gasteiger charge is -2.16. The Balaban J connectivity index is 2.76. The zero-order valence-corrected chi connectivity index (χ0v) is 14.1. The molecule has 0 aliphatic heterocycles. The van der Waals surface area contributed by atoms with Crippen LogP contribution in [0.5, 0.6) is 6.01 Å². The molecule has 0 aliphatic carbocycles. The molecule has 0 spiro atoms. The monoisotopic (exact) mass is 295 g/mol. The molecule has 2 N–H and O–H groups in total. The van der Waals surface area contributed by atoms with Crippen LogP contribution in [0.15, 0.2) is 0 Å². The van der Waals surface area contributed by atoms with E-state index in [2.05, 4.69) is 46.4 Å². The number of hydrogen-bond acceptors (Lipinski definition) is 6. The third-order valence-corrected chi connectivity index (χ3v) is 2.84. The van der Waals surface area contributed by atoms with Crippen LogP contribution < -0.4 is 15.4 Å². The molecule has 1 heterocycles. The maximum atomic E-state index is 5.58. The summed E-state index contributed by atoms with van der Waals surface area (Å²) < 4.78 is 5.58. The number of nitrogens with zero attached hydrogens (tertiary/aromatic N) is 3. The lowest BCUT2D eigenvalue weighted by Crippen LogP contribution is -2.20. The van der Waals surface area contributed by atoms with Crippen LogP contribution in [0.25, 0.3) is 0 Å². The van der Waals surface area contributed by atoms with E-state index in [1.54, 1.807) is 0 Å². The van der Waals surface area contributed by atoms with E-state index in [1.807, 2.05) is 20.8 Å². The highest BCUT2D eigenvalue weighted by Gasteiger charge is 2.11. The maximum absolute atomic E-state index is 5.58. The Morgan fingerprint density at radius 1 is 0.952 bits per heavy atom. The van der Waals surface area contributed by atoms with Gasteiger partial charge in [-0.15, -0.1) is 0 Å². The van der Waals surface area contributed by atoms with Gasteiger partial charge in [0, 0.05) is 12.6 Å². The number of ether oxygens (including phenoxy) is 1. The quantitative estimate of drug-likeness (QED) is 0.728. The molecular formula is C15H29N5O. The van der Waals surface area contributed by atoms with Gasteiger partial charge in [-0.25, -0.2) is 0 Å². The molecule has 0 amide bonds. The summed E-state index contributed by atoms with van der Waals surface area (Å²) in [4.78, 5) is 12.9. The van der Waals surface area contributed by atoms with E-state index >= 15 is 0 Å². The summed E-state index contributed by atoms with van der Waals surface area (Å²) in [6, 6.07) is 0.672. The van der Waals surface area contributed by atoms with Gasteiger partial charge in [0.1, 0.15) is 0 Å². The minimum absolute atomic E-state index is 0.0353. The molecule has 6 heteroatoms. The van der Waals surface area contributed by atoms with Crippen molar-refractivity contribution in [3.63, 3.8) is 0 Å². The summed E-state index contributed by atoms with van der Waals surface area (Å²) in [5.41, 5.74) is 0. The third kappa shape index (κ3) is 7.11. The summed E-state index contributed by atoms with van der Waals surface area (Å²) in [5.74, 6) is 1.80. The van der Waals surface area contributed by atoms with Gasteiger partial charge < -0.3 is 15.4 Å². The first-order valence-corrected chi connectivity index (χ1v) is 7.83. The van der Waals surface area contributed by atoms with E-state index in [9.17, 15) is 0 Å². The van der Waals surface area contributed by atoms with Crippen LogP contribution >= 0.6 is 0 Å². The number of anilines is 2. The normalized spacial score (nSPS) is 12.6. The Labute approximate surface area is 128 Å². The first kappa shape index (κ1) is 17.5. The van der Waals surface area contributed by atoms with Crippen molar-refractivity contribution in [2.24, 2.45) is 5.92 Å². The summed E-state index contributed by atoms with van der Waals surface area (Å²) in [5, 5.41) is 6.43. The fourth-order valence-corrected chi connectivity index (χ4v) is 1.80. The Kier molecular flexibility index (Phi) is 7.19. The molecule has 1 aromatic heterocycles. The lowest BCUT2D eigenvalue weighted by atomic mass is 10.0. The van der Waals surface area contributed by atoms with Crippen LogP contribution in [-0.4, -0.2) is 33.6 Å². The predicted molar refractivity (Wildman–Crippen MR) is 86.9 cm³/mol. The molecule has 0 bridgehead atoms. The van der Waals surface area contributed by atoms with Crippen LogP contribution in [0.1, 0.15) is 54.4 Å². The molecule has 0 fully saturated rings. The molecule has 0 saturated heterocycles. The minimum Gasteiger partial charge on any atom is -0.461 e. The molecule has 1 unspecified atom stereocenters. The van der Waals surface area contributed by atoms with Crippen LogP contribution in [0.4, 0.5) is 11.9 Å². The topological polar surface area (TPSA) is 72.0 Å². The average molecular weight is 295 g/mol. The smallest absolute Gasteiger partial charge is 0.323 e. The maximum Gasteiger partial charge on any atom is 0.323 e. The van der Waals surface area contributed by atoms with Gasteiger partial charge in [-0.05, 0) is 46.5 Å². The first-order valence-electron chi connectivity index (χ1n) is 7.83. The Hall–Kier alpha value is -1.59. The second-order valence-electron chi connectivity index (χ2n) is 5.98. The van der Waals surface area contributed by atoms with Gasteiger partial charge in [0.25, 0.3) is 0 Å². The number of rotatable bonds is 9. The van der Waals surface area contributed by atoms with Crippen molar-refractivity contribution in [3.05, 3.63) is 0 Å². The zero-order valence-electron chi connectivity index (χ0n) is 14.1. The predicted octanol–water partition coefficient (Wildman–Crippen LogP) is 3.33. The lowest BCUT2D eigenvalue weighted by molar-refractivity contribution is 0.222.